The zero-order valence-electron chi connectivity index (χ0n) is 29.2. The van der Waals surface area contributed by atoms with E-state index in [-0.39, 0.29) is 27.8 Å². The average molecular weight is 733 g/mol. The van der Waals surface area contributed by atoms with Gasteiger partial charge in [0.2, 0.25) is 11.9 Å². The third-order valence-corrected chi connectivity index (χ3v) is 7.28. The Balaban J connectivity index is 0.000000313. The lowest BCUT2D eigenvalue weighted by atomic mass is 10.1. The van der Waals surface area contributed by atoms with E-state index in [0.29, 0.717) is 44.7 Å². The number of nitrogens with zero attached hydrogens (tertiary/aromatic N) is 3. The Bertz CT molecular complexity index is 2060. The summed E-state index contributed by atoms with van der Waals surface area (Å²) in [4.78, 5) is 25.5. The summed E-state index contributed by atoms with van der Waals surface area (Å²) < 4.78 is 0. The molecule has 0 atom stereocenters. The van der Waals surface area contributed by atoms with Crippen molar-refractivity contribution in [3.8, 4) is 17.6 Å². The van der Waals surface area contributed by atoms with Crippen molar-refractivity contribution >= 4 is 63.1 Å². The maximum absolute atomic E-state index is 11.0. The molecule has 0 aliphatic rings. The topological polar surface area (TPSA) is 183 Å². The minimum atomic E-state index is -1.24. The number of H-pyrrole nitrogens is 2. The van der Waals surface area contributed by atoms with E-state index in [9.17, 15) is 15.0 Å². The number of anilines is 2. The van der Waals surface area contributed by atoms with Gasteiger partial charge in [-0.25, -0.2) is 14.8 Å². The zero-order valence-corrected chi connectivity index (χ0v) is 30.7. The number of carbonyl (C=O) groups is 1. The number of nitriles is 1. The molecule has 0 saturated carbocycles. The number of benzene rings is 2. The van der Waals surface area contributed by atoms with Gasteiger partial charge in [0.15, 0.2) is 5.75 Å². The molecule has 2 heterocycles. The van der Waals surface area contributed by atoms with Gasteiger partial charge in [-0.3, -0.25) is 0 Å². The van der Waals surface area contributed by atoms with E-state index in [0.717, 1.165) is 24.1 Å². The van der Waals surface area contributed by atoms with Crippen molar-refractivity contribution in [1.82, 2.24) is 19.9 Å². The highest BCUT2D eigenvalue weighted by Crippen LogP contribution is 2.30. The van der Waals surface area contributed by atoms with E-state index in [1.54, 1.807) is 18.2 Å². The van der Waals surface area contributed by atoms with Crippen molar-refractivity contribution in [2.45, 2.75) is 47.5 Å². The Morgan fingerprint density at radius 3 is 2.27 bits per heavy atom. The largest absolute Gasteiger partial charge is 0.506 e. The first-order valence-corrected chi connectivity index (χ1v) is 16.5. The number of carboxylic acid groups (broad SMARTS) is 1. The number of aromatic amines is 2. The zero-order chi connectivity index (χ0) is 38.2. The Kier molecular flexibility index (Phi) is 16.3. The number of halogens is 2. The predicted molar refractivity (Wildman–Crippen MR) is 209 cm³/mol. The normalized spacial score (nSPS) is 11.8. The van der Waals surface area contributed by atoms with Gasteiger partial charge in [0, 0.05) is 18.2 Å². The highest BCUT2D eigenvalue weighted by Gasteiger charge is 2.17. The van der Waals surface area contributed by atoms with Gasteiger partial charge in [-0.1, -0.05) is 99.7 Å². The Morgan fingerprint density at radius 2 is 1.73 bits per heavy atom. The number of aromatic nitrogens is 4. The highest BCUT2D eigenvalue weighted by atomic mass is 35.5. The van der Waals surface area contributed by atoms with Crippen LogP contribution in [0, 0.1) is 17.2 Å². The molecule has 0 fully saturated rings. The average Bonchev–Trinajstić information content (AvgIpc) is 3.67. The number of fused-ring (bicyclic) bond motifs is 2. The quantitative estimate of drug-likeness (QED) is 0.0550. The Morgan fingerprint density at radius 1 is 1.08 bits per heavy atom. The maximum Gasteiger partial charge on any atom is 0.339 e. The molecule has 0 amide bonds. The summed E-state index contributed by atoms with van der Waals surface area (Å²) in [5, 5.41) is 44.5. The number of phenolic OH excluding ortho intramolecular Hbond substituents is 1. The van der Waals surface area contributed by atoms with E-state index < -0.39 is 11.7 Å². The maximum atomic E-state index is 11.0. The van der Waals surface area contributed by atoms with E-state index in [1.165, 1.54) is 18.2 Å². The second-order valence-electron chi connectivity index (χ2n) is 11.4. The molecule has 0 unspecified atom stereocenters. The van der Waals surface area contributed by atoms with Gasteiger partial charge in [-0.05, 0) is 50.5 Å². The van der Waals surface area contributed by atoms with Crippen LogP contribution in [0.2, 0.25) is 0 Å². The van der Waals surface area contributed by atoms with E-state index in [2.05, 4.69) is 70.2 Å². The van der Waals surface area contributed by atoms with Crippen molar-refractivity contribution in [3.05, 3.63) is 119 Å². The highest BCUT2D eigenvalue weighted by molar-refractivity contribution is 6.41. The van der Waals surface area contributed by atoms with Crippen molar-refractivity contribution < 1.29 is 20.1 Å². The molecule has 0 aliphatic carbocycles. The molecular formula is C38H43Cl2N7O4. The van der Waals surface area contributed by atoms with Gasteiger partial charge >= 0.3 is 5.97 Å². The number of hydrogen-bond donors (Lipinski definition) is 7. The number of hydrogen-bond acceptors (Lipinski definition) is 8. The predicted octanol–water partition coefficient (Wildman–Crippen LogP) is 10.4. The number of imidazole rings is 2. The third-order valence-electron chi connectivity index (χ3n) is 6.43. The van der Waals surface area contributed by atoms with Crippen LogP contribution in [0.3, 0.4) is 0 Å². The van der Waals surface area contributed by atoms with Crippen molar-refractivity contribution in [2.75, 3.05) is 10.6 Å². The number of nitrogens with one attached hydrogen (secondary N) is 4. The minimum absolute atomic E-state index is 0.00681. The lowest BCUT2D eigenvalue weighted by Crippen LogP contribution is -2.03. The Hall–Kier alpha value is -5.70. The van der Waals surface area contributed by atoms with Crippen molar-refractivity contribution in [3.63, 3.8) is 0 Å². The molecule has 0 spiro atoms. The van der Waals surface area contributed by atoms with Gasteiger partial charge in [-0.2, -0.15) is 5.26 Å². The second-order valence-corrected chi connectivity index (χ2v) is 12.2. The summed E-state index contributed by atoms with van der Waals surface area (Å²) in [6.07, 6.45) is 12.8. The first kappa shape index (κ1) is 41.5. The molecule has 0 radical (unpaired) electrons. The number of rotatable bonds is 12. The fourth-order valence-corrected chi connectivity index (χ4v) is 4.63. The summed E-state index contributed by atoms with van der Waals surface area (Å²) in [6, 6.07) is 7.88. The molecule has 51 heavy (non-hydrogen) atoms. The number of aromatic hydroxyl groups is 2. The number of aromatic carboxylic acids is 1. The van der Waals surface area contributed by atoms with E-state index in [1.807, 2.05) is 45.1 Å². The summed E-state index contributed by atoms with van der Waals surface area (Å²) >= 11 is 12.2. The van der Waals surface area contributed by atoms with Crippen LogP contribution >= 0.6 is 23.2 Å². The molecule has 2 aromatic carbocycles. The van der Waals surface area contributed by atoms with Gasteiger partial charge in [-0.15, -0.1) is 0 Å². The molecule has 0 bridgehead atoms. The molecular weight excluding hydrogens is 689 g/mol. The minimum Gasteiger partial charge on any atom is -0.506 e. The first-order valence-electron chi connectivity index (χ1n) is 15.8. The lowest BCUT2D eigenvalue weighted by molar-refractivity contribution is 0.0694. The van der Waals surface area contributed by atoms with Crippen LogP contribution in [0.5, 0.6) is 11.5 Å². The summed E-state index contributed by atoms with van der Waals surface area (Å²) in [5.41, 5.74) is 4.17. The van der Waals surface area contributed by atoms with Crippen LogP contribution < -0.4 is 10.6 Å². The molecule has 11 nitrogen and oxygen atoms in total. The first-order chi connectivity index (χ1) is 24.1. The molecule has 7 N–H and O–H groups in total. The van der Waals surface area contributed by atoms with Crippen LogP contribution in [0.15, 0.2) is 107 Å². The fourth-order valence-electron chi connectivity index (χ4n) is 4.31. The monoisotopic (exact) mass is 731 g/mol. The SMILES string of the molecule is C=C(C)C/C(=C\C(C)C)Nc1nc2c(O)cc(C#N)cc2[nH]1.C=C(Nc1nc2c(O)c(C(=O)O)ccc2[nH]1)/C(Cl)=C(Cl)\C=C/CC.C=C/C=C\C. The Labute approximate surface area is 307 Å². The van der Waals surface area contributed by atoms with Gasteiger partial charge in [0.25, 0.3) is 0 Å². The molecule has 268 valence electrons. The van der Waals surface area contributed by atoms with Crippen molar-refractivity contribution in [1.29, 1.82) is 5.26 Å². The smallest absolute Gasteiger partial charge is 0.339 e. The van der Waals surface area contributed by atoms with Crippen LogP contribution in [0.25, 0.3) is 22.1 Å². The molecule has 0 saturated heterocycles. The van der Waals surface area contributed by atoms with Crippen LogP contribution in [-0.2, 0) is 0 Å². The van der Waals surface area contributed by atoms with Gasteiger partial charge < -0.3 is 35.9 Å². The number of carboxylic acids is 1. The second kappa shape index (κ2) is 20.1. The summed E-state index contributed by atoms with van der Waals surface area (Å²) in [5.74, 6) is -0.488. The van der Waals surface area contributed by atoms with E-state index >= 15 is 0 Å². The standard InChI is InChI=1S/C17H20N4O.C16H15Cl2N3O3.C5H8/c1-10(2)5-13(6-11(3)4)19-17-20-14-7-12(9-18)8-15(22)16(14)21-17;1-3-4-5-10(17)12(18)8(2)19-16-20-11-7-6-9(15(23)24)14(22)13(11)21-16;1-3-5-4-2/h6-8,11,22H,1,5H2,2-4H3,(H2,19,20,21);4-7,22H,2-3H2,1H3,(H,23,24)(H2,19,20,21);3-5H,1H2,2H3/b13-6+;5-4-,12-10-;5-4-. The number of allylic oxidation sites excluding steroid dienone is 9. The molecule has 13 heteroatoms. The van der Waals surface area contributed by atoms with Crippen LogP contribution in [0.4, 0.5) is 11.9 Å². The van der Waals surface area contributed by atoms with E-state index in [4.69, 9.17) is 33.6 Å². The van der Waals surface area contributed by atoms with Gasteiger partial charge in [0.05, 0.1) is 38.4 Å². The van der Waals surface area contributed by atoms with Crippen molar-refractivity contribution in [2.24, 2.45) is 5.92 Å². The number of phenols is 2. The fraction of sp³-hybridized carbons (Fsp3) is 0.211. The summed E-state index contributed by atoms with van der Waals surface area (Å²) in [7, 11) is 0. The lowest BCUT2D eigenvalue weighted by Gasteiger charge is -2.10. The molecule has 4 rings (SSSR count). The van der Waals surface area contributed by atoms with Gasteiger partial charge in [0.1, 0.15) is 22.3 Å². The van der Waals surface area contributed by atoms with Crippen LogP contribution in [0.1, 0.15) is 63.4 Å². The molecule has 2 aromatic heterocycles. The third kappa shape index (κ3) is 12.6. The molecule has 0 aliphatic heterocycles. The van der Waals surface area contributed by atoms with Crippen LogP contribution in [-0.4, -0.2) is 41.2 Å². The summed E-state index contributed by atoms with van der Waals surface area (Å²) in [6.45, 7) is 21.3. The molecule has 4 aromatic rings.